The van der Waals surface area contributed by atoms with Gasteiger partial charge in [0.1, 0.15) is 5.82 Å². The number of aliphatic hydroxyl groups is 1. The molecule has 1 N–H and O–H groups in total. The van der Waals surface area contributed by atoms with E-state index < -0.39 is 6.10 Å². The van der Waals surface area contributed by atoms with Gasteiger partial charge in [-0.2, -0.15) is 0 Å². The molecule has 0 aliphatic heterocycles. The molecule has 0 bridgehead atoms. The van der Waals surface area contributed by atoms with Gasteiger partial charge in [-0.3, -0.25) is 0 Å². The average molecular weight is 270 g/mol. The second kappa shape index (κ2) is 5.51. The highest BCUT2D eigenvalue weighted by atomic mass is 16.3. The summed E-state index contributed by atoms with van der Waals surface area (Å²) in [6.07, 6.45) is 4.11. The fraction of sp³-hybridized carbons (Fsp3) is 0.312. The fourth-order valence-corrected chi connectivity index (χ4v) is 2.51. The summed E-state index contributed by atoms with van der Waals surface area (Å²) in [4.78, 5) is 4.65. The third-order valence-electron chi connectivity index (χ3n) is 3.48. The van der Waals surface area contributed by atoms with Crippen molar-refractivity contribution in [2.24, 2.45) is 0 Å². The van der Waals surface area contributed by atoms with Crippen molar-refractivity contribution >= 4 is 11.0 Å². The van der Waals surface area contributed by atoms with Gasteiger partial charge in [-0.1, -0.05) is 19.1 Å². The number of hydrogen-bond donors (Lipinski definition) is 1. The quantitative estimate of drug-likeness (QED) is 0.773. The van der Waals surface area contributed by atoms with Gasteiger partial charge in [0, 0.05) is 18.5 Å². The standard InChI is InChI=1S/C16H18N2O2/c1-2-8-18-14-6-4-3-5-13(14)17-16(18)10-15(19)12-7-9-20-11-12/h3-7,9,11,15,19H,2,8,10H2,1H3. The van der Waals surface area contributed by atoms with Crippen molar-refractivity contribution < 1.29 is 9.52 Å². The Morgan fingerprint density at radius 3 is 2.90 bits per heavy atom. The number of benzene rings is 1. The predicted octanol–water partition coefficient (Wildman–Crippen LogP) is 3.32. The van der Waals surface area contributed by atoms with Crippen molar-refractivity contribution in [2.75, 3.05) is 0 Å². The predicted molar refractivity (Wildman–Crippen MR) is 77.4 cm³/mol. The molecule has 0 saturated heterocycles. The maximum atomic E-state index is 10.3. The number of aliphatic hydroxyl groups excluding tert-OH is 1. The topological polar surface area (TPSA) is 51.2 Å². The van der Waals surface area contributed by atoms with Gasteiger partial charge in [0.05, 0.1) is 29.7 Å². The van der Waals surface area contributed by atoms with Crippen LogP contribution in [-0.4, -0.2) is 14.7 Å². The molecule has 0 saturated carbocycles. The number of fused-ring (bicyclic) bond motifs is 1. The minimum Gasteiger partial charge on any atom is -0.472 e. The lowest BCUT2D eigenvalue weighted by Gasteiger charge is -2.11. The van der Waals surface area contributed by atoms with Crippen LogP contribution in [0.4, 0.5) is 0 Å². The zero-order chi connectivity index (χ0) is 13.9. The molecule has 4 nitrogen and oxygen atoms in total. The van der Waals surface area contributed by atoms with Gasteiger partial charge in [0.25, 0.3) is 0 Å². The maximum absolute atomic E-state index is 10.3. The Morgan fingerprint density at radius 2 is 2.15 bits per heavy atom. The smallest absolute Gasteiger partial charge is 0.112 e. The summed E-state index contributed by atoms with van der Waals surface area (Å²) >= 11 is 0. The molecule has 1 atom stereocenters. The molecule has 3 rings (SSSR count). The Bertz CT molecular complexity index is 686. The minimum absolute atomic E-state index is 0.494. The van der Waals surface area contributed by atoms with Crippen LogP contribution in [0.3, 0.4) is 0 Å². The summed E-state index contributed by atoms with van der Waals surface area (Å²) in [5.41, 5.74) is 2.90. The van der Waals surface area contributed by atoms with Gasteiger partial charge in [-0.05, 0) is 24.6 Å². The molecular weight excluding hydrogens is 252 g/mol. The molecule has 104 valence electrons. The summed E-state index contributed by atoms with van der Waals surface area (Å²) < 4.78 is 7.22. The molecule has 0 aliphatic rings. The van der Waals surface area contributed by atoms with Crippen molar-refractivity contribution in [1.82, 2.24) is 9.55 Å². The Kier molecular flexibility index (Phi) is 3.56. The number of hydrogen-bond acceptors (Lipinski definition) is 3. The van der Waals surface area contributed by atoms with Crippen LogP contribution < -0.4 is 0 Å². The van der Waals surface area contributed by atoms with Gasteiger partial charge in [0.2, 0.25) is 0 Å². The highest BCUT2D eigenvalue weighted by Crippen LogP contribution is 2.22. The van der Waals surface area contributed by atoms with Crippen LogP contribution in [0.15, 0.2) is 47.3 Å². The van der Waals surface area contributed by atoms with E-state index in [1.807, 2.05) is 18.2 Å². The third kappa shape index (κ3) is 2.34. The largest absolute Gasteiger partial charge is 0.472 e. The number of imidazole rings is 1. The summed E-state index contributed by atoms with van der Waals surface area (Å²) in [6, 6.07) is 9.88. The van der Waals surface area contributed by atoms with Crippen molar-refractivity contribution in [1.29, 1.82) is 0 Å². The van der Waals surface area contributed by atoms with Gasteiger partial charge in [-0.25, -0.2) is 4.98 Å². The van der Waals surface area contributed by atoms with Crippen LogP contribution in [0.2, 0.25) is 0 Å². The number of para-hydroxylation sites is 2. The first-order valence-corrected chi connectivity index (χ1v) is 6.94. The third-order valence-corrected chi connectivity index (χ3v) is 3.48. The summed E-state index contributed by atoms with van der Waals surface area (Å²) in [6.45, 7) is 3.05. The Labute approximate surface area is 117 Å². The van der Waals surface area contributed by atoms with Crippen molar-refractivity contribution in [3.05, 3.63) is 54.2 Å². The van der Waals surface area contributed by atoms with E-state index in [0.717, 1.165) is 35.4 Å². The monoisotopic (exact) mass is 270 g/mol. The van der Waals surface area contributed by atoms with Crippen LogP contribution >= 0.6 is 0 Å². The van der Waals surface area contributed by atoms with Crippen LogP contribution in [0, 0.1) is 0 Å². The van der Waals surface area contributed by atoms with Gasteiger partial charge in [0.15, 0.2) is 0 Å². The van der Waals surface area contributed by atoms with Crippen molar-refractivity contribution in [3.63, 3.8) is 0 Å². The van der Waals surface area contributed by atoms with Gasteiger partial charge >= 0.3 is 0 Å². The second-order valence-corrected chi connectivity index (χ2v) is 4.94. The van der Waals surface area contributed by atoms with E-state index in [1.165, 1.54) is 0 Å². The molecular formula is C16H18N2O2. The average Bonchev–Trinajstić information content (AvgIpc) is 3.08. The van der Waals surface area contributed by atoms with Crippen LogP contribution in [0.1, 0.15) is 30.8 Å². The number of nitrogens with zero attached hydrogens (tertiary/aromatic N) is 2. The first kappa shape index (κ1) is 12.9. The molecule has 0 amide bonds. The first-order chi connectivity index (χ1) is 9.79. The van der Waals surface area contributed by atoms with Crippen molar-refractivity contribution in [2.45, 2.75) is 32.4 Å². The summed E-state index contributed by atoms with van der Waals surface area (Å²) in [7, 11) is 0. The number of aromatic nitrogens is 2. The Morgan fingerprint density at radius 1 is 1.30 bits per heavy atom. The zero-order valence-corrected chi connectivity index (χ0v) is 11.5. The van der Waals surface area contributed by atoms with Gasteiger partial charge in [-0.15, -0.1) is 0 Å². The van der Waals surface area contributed by atoms with E-state index in [-0.39, 0.29) is 0 Å². The van der Waals surface area contributed by atoms with E-state index in [0.29, 0.717) is 6.42 Å². The molecule has 20 heavy (non-hydrogen) atoms. The Hall–Kier alpha value is -2.07. The number of aryl methyl sites for hydroxylation is 1. The molecule has 2 aromatic heterocycles. The van der Waals surface area contributed by atoms with Crippen LogP contribution in [0.5, 0.6) is 0 Å². The highest BCUT2D eigenvalue weighted by molar-refractivity contribution is 5.75. The van der Waals surface area contributed by atoms with E-state index in [2.05, 4.69) is 22.5 Å². The second-order valence-electron chi connectivity index (χ2n) is 4.94. The lowest BCUT2D eigenvalue weighted by atomic mass is 10.1. The lowest BCUT2D eigenvalue weighted by molar-refractivity contribution is 0.173. The molecule has 3 aromatic rings. The maximum Gasteiger partial charge on any atom is 0.112 e. The van der Waals surface area contributed by atoms with E-state index in [1.54, 1.807) is 18.6 Å². The van der Waals surface area contributed by atoms with Gasteiger partial charge < -0.3 is 14.1 Å². The molecule has 1 unspecified atom stereocenters. The van der Waals surface area contributed by atoms with Crippen LogP contribution in [0.25, 0.3) is 11.0 Å². The van der Waals surface area contributed by atoms with E-state index >= 15 is 0 Å². The summed E-state index contributed by atoms with van der Waals surface area (Å²) in [5, 5.41) is 10.3. The molecule has 0 spiro atoms. The molecule has 2 heterocycles. The molecule has 1 aromatic carbocycles. The normalized spacial score (nSPS) is 12.9. The molecule has 0 fully saturated rings. The van der Waals surface area contributed by atoms with E-state index in [4.69, 9.17) is 4.42 Å². The van der Waals surface area contributed by atoms with Crippen molar-refractivity contribution in [3.8, 4) is 0 Å². The zero-order valence-electron chi connectivity index (χ0n) is 11.5. The minimum atomic E-state index is -0.582. The SMILES string of the molecule is CCCn1c(CC(O)c2ccoc2)nc2ccccc21. The summed E-state index contributed by atoms with van der Waals surface area (Å²) in [5.74, 6) is 0.918. The lowest BCUT2D eigenvalue weighted by Crippen LogP contribution is -2.08. The highest BCUT2D eigenvalue weighted by Gasteiger charge is 2.16. The molecule has 4 heteroatoms. The van der Waals surface area contributed by atoms with E-state index in [9.17, 15) is 5.11 Å². The molecule has 0 aliphatic carbocycles. The number of rotatable bonds is 5. The first-order valence-electron chi connectivity index (χ1n) is 6.94. The van der Waals surface area contributed by atoms with Crippen LogP contribution in [-0.2, 0) is 13.0 Å². The Balaban J connectivity index is 1.96. The molecule has 0 radical (unpaired) electrons. The fourth-order valence-electron chi connectivity index (χ4n) is 2.51. The number of furan rings is 1.